The molecule has 0 saturated carbocycles. The average Bonchev–Trinajstić information content (AvgIpc) is 2.31. The summed E-state index contributed by atoms with van der Waals surface area (Å²) in [6, 6.07) is 7.55. The van der Waals surface area contributed by atoms with Crippen molar-refractivity contribution >= 4 is 0 Å². The van der Waals surface area contributed by atoms with Crippen molar-refractivity contribution in [2.75, 3.05) is 0 Å². The molecule has 0 saturated heterocycles. The number of nitrogens with two attached hydrogens (primary N) is 1. The summed E-state index contributed by atoms with van der Waals surface area (Å²) in [5, 5.41) is 0. The van der Waals surface area contributed by atoms with Gasteiger partial charge in [-0.1, -0.05) is 0 Å². The van der Waals surface area contributed by atoms with Gasteiger partial charge in [0.25, 0.3) is 0 Å². The molecule has 0 spiro atoms. The van der Waals surface area contributed by atoms with Gasteiger partial charge >= 0.3 is 0 Å². The Bertz CT molecular complexity index is 509. The van der Waals surface area contributed by atoms with E-state index in [1.54, 1.807) is 6.20 Å². The molecule has 4 heteroatoms. The van der Waals surface area contributed by atoms with Crippen molar-refractivity contribution in [3.63, 3.8) is 0 Å². The van der Waals surface area contributed by atoms with Crippen LogP contribution in [0.25, 0.3) is 0 Å². The van der Waals surface area contributed by atoms with E-state index in [0.29, 0.717) is 18.2 Å². The minimum absolute atomic E-state index is 0.478. The third-order valence-corrected chi connectivity index (χ3v) is 2.33. The Morgan fingerprint density at radius 3 is 2.65 bits per heavy atom. The fourth-order valence-corrected chi connectivity index (χ4v) is 1.51. The number of ether oxygens (including phenoxy) is 1. The molecular weight excluding hydrogens is 214 g/mol. The highest BCUT2D eigenvalue weighted by atomic mass is 16.5. The zero-order chi connectivity index (χ0) is 12.3. The lowest BCUT2D eigenvalue weighted by atomic mass is 10.2. The van der Waals surface area contributed by atoms with Gasteiger partial charge in [0.05, 0.1) is 6.20 Å². The molecule has 0 aliphatic carbocycles. The third kappa shape index (κ3) is 3.01. The maximum absolute atomic E-state index is 5.63. The molecule has 0 aliphatic heterocycles. The van der Waals surface area contributed by atoms with Crippen LogP contribution in [0.1, 0.15) is 17.0 Å². The van der Waals surface area contributed by atoms with E-state index in [0.717, 1.165) is 17.0 Å². The number of aryl methyl sites for hydroxylation is 2. The first-order valence-electron chi connectivity index (χ1n) is 5.45. The van der Waals surface area contributed by atoms with E-state index < -0.39 is 0 Å². The molecule has 0 aromatic carbocycles. The van der Waals surface area contributed by atoms with E-state index in [1.165, 1.54) is 0 Å². The summed E-state index contributed by atoms with van der Waals surface area (Å²) in [5.41, 5.74) is 8.46. The summed E-state index contributed by atoms with van der Waals surface area (Å²) in [7, 11) is 0. The lowest BCUT2D eigenvalue weighted by molar-refractivity contribution is 0.458. The summed E-state index contributed by atoms with van der Waals surface area (Å²) in [4.78, 5) is 8.46. The summed E-state index contributed by atoms with van der Waals surface area (Å²) in [6.45, 7) is 4.33. The highest BCUT2D eigenvalue weighted by molar-refractivity contribution is 5.29. The van der Waals surface area contributed by atoms with Gasteiger partial charge in [-0.3, -0.25) is 4.98 Å². The first-order valence-corrected chi connectivity index (χ1v) is 5.45. The van der Waals surface area contributed by atoms with Gasteiger partial charge in [0, 0.05) is 24.0 Å². The van der Waals surface area contributed by atoms with Crippen molar-refractivity contribution in [3.8, 4) is 11.6 Å². The fraction of sp³-hybridized carbons (Fsp3) is 0.231. The molecule has 4 nitrogen and oxygen atoms in total. The first kappa shape index (κ1) is 11.5. The number of aromatic nitrogens is 2. The molecule has 0 bridgehead atoms. The van der Waals surface area contributed by atoms with Crippen molar-refractivity contribution < 1.29 is 4.74 Å². The molecule has 2 heterocycles. The number of hydrogen-bond donors (Lipinski definition) is 1. The van der Waals surface area contributed by atoms with Gasteiger partial charge < -0.3 is 10.5 Å². The summed E-state index contributed by atoms with van der Waals surface area (Å²) >= 11 is 0. The van der Waals surface area contributed by atoms with E-state index in [-0.39, 0.29) is 0 Å². The molecule has 2 aromatic rings. The zero-order valence-electron chi connectivity index (χ0n) is 9.97. The molecule has 0 unspecified atom stereocenters. The van der Waals surface area contributed by atoms with Crippen LogP contribution < -0.4 is 10.5 Å². The lowest BCUT2D eigenvalue weighted by Crippen LogP contribution is -1.99. The Morgan fingerprint density at radius 1 is 1.18 bits per heavy atom. The van der Waals surface area contributed by atoms with Gasteiger partial charge in [-0.15, -0.1) is 0 Å². The molecule has 2 aromatic heterocycles. The number of rotatable bonds is 3. The molecule has 2 N–H and O–H groups in total. The van der Waals surface area contributed by atoms with Crippen LogP contribution in [-0.2, 0) is 6.54 Å². The lowest BCUT2D eigenvalue weighted by Gasteiger charge is -2.07. The van der Waals surface area contributed by atoms with Gasteiger partial charge in [0.15, 0.2) is 0 Å². The second-order valence-corrected chi connectivity index (χ2v) is 3.90. The SMILES string of the molecule is Cc1ccc(Oc2cc(CN)cc(C)n2)cn1. The van der Waals surface area contributed by atoms with Crippen LogP contribution >= 0.6 is 0 Å². The minimum Gasteiger partial charge on any atom is -0.437 e. The van der Waals surface area contributed by atoms with Crippen LogP contribution in [0.2, 0.25) is 0 Å². The molecule has 17 heavy (non-hydrogen) atoms. The van der Waals surface area contributed by atoms with Crippen LogP contribution in [0.5, 0.6) is 11.6 Å². The Hall–Kier alpha value is -1.94. The predicted octanol–water partition coefficient (Wildman–Crippen LogP) is 2.34. The largest absolute Gasteiger partial charge is 0.437 e. The van der Waals surface area contributed by atoms with E-state index >= 15 is 0 Å². The Balaban J connectivity index is 2.23. The standard InChI is InChI=1S/C13H15N3O/c1-9-3-4-12(8-15-9)17-13-6-11(7-14)5-10(2)16-13/h3-6,8H,7,14H2,1-2H3. The molecule has 0 atom stereocenters. The quantitative estimate of drug-likeness (QED) is 0.877. The van der Waals surface area contributed by atoms with Crippen molar-refractivity contribution in [3.05, 3.63) is 47.4 Å². The fourth-order valence-electron chi connectivity index (χ4n) is 1.51. The number of hydrogen-bond acceptors (Lipinski definition) is 4. The highest BCUT2D eigenvalue weighted by Crippen LogP contribution is 2.20. The minimum atomic E-state index is 0.478. The third-order valence-electron chi connectivity index (χ3n) is 2.33. The highest BCUT2D eigenvalue weighted by Gasteiger charge is 2.02. The van der Waals surface area contributed by atoms with Crippen molar-refractivity contribution in [1.82, 2.24) is 9.97 Å². The predicted molar refractivity (Wildman–Crippen MR) is 65.9 cm³/mol. The molecule has 0 aliphatic rings. The Labute approximate surface area is 100 Å². The molecule has 2 rings (SSSR count). The van der Waals surface area contributed by atoms with Crippen molar-refractivity contribution in [2.24, 2.45) is 5.73 Å². The monoisotopic (exact) mass is 229 g/mol. The average molecular weight is 229 g/mol. The molecule has 0 radical (unpaired) electrons. The van der Waals surface area contributed by atoms with Crippen LogP contribution in [-0.4, -0.2) is 9.97 Å². The van der Waals surface area contributed by atoms with Crippen LogP contribution in [0.15, 0.2) is 30.5 Å². The molecular formula is C13H15N3O. The van der Waals surface area contributed by atoms with Gasteiger partial charge in [-0.05, 0) is 37.6 Å². The van der Waals surface area contributed by atoms with Crippen molar-refractivity contribution in [1.29, 1.82) is 0 Å². The first-order chi connectivity index (χ1) is 8.17. The smallest absolute Gasteiger partial charge is 0.219 e. The summed E-state index contributed by atoms with van der Waals surface area (Å²) < 4.78 is 5.63. The molecule has 0 fully saturated rings. The Morgan fingerprint density at radius 2 is 2.00 bits per heavy atom. The second-order valence-electron chi connectivity index (χ2n) is 3.90. The summed E-state index contributed by atoms with van der Waals surface area (Å²) in [6.07, 6.45) is 1.68. The topological polar surface area (TPSA) is 61.0 Å². The van der Waals surface area contributed by atoms with Gasteiger partial charge in [0.1, 0.15) is 5.75 Å². The van der Waals surface area contributed by atoms with Gasteiger partial charge in [-0.25, -0.2) is 4.98 Å². The molecule has 88 valence electrons. The summed E-state index contributed by atoms with van der Waals surface area (Å²) in [5.74, 6) is 1.23. The van der Waals surface area contributed by atoms with Crippen molar-refractivity contribution in [2.45, 2.75) is 20.4 Å². The maximum atomic E-state index is 5.63. The van der Waals surface area contributed by atoms with Crippen LogP contribution in [0, 0.1) is 13.8 Å². The second kappa shape index (κ2) is 4.93. The maximum Gasteiger partial charge on any atom is 0.219 e. The van der Waals surface area contributed by atoms with E-state index in [2.05, 4.69) is 9.97 Å². The van der Waals surface area contributed by atoms with Crippen LogP contribution in [0.4, 0.5) is 0 Å². The number of pyridine rings is 2. The zero-order valence-corrected chi connectivity index (χ0v) is 9.97. The molecule has 0 amide bonds. The number of nitrogens with zero attached hydrogens (tertiary/aromatic N) is 2. The van der Waals surface area contributed by atoms with E-state index in [9.17, 15) is 0 Å². The van der Waals surface area contributed by atoms with E-state index in [4.69, 9.17) is 10.5 Å². The van der Waals surface area contributed by atoms with Gasteiger partial charge in [0.2, 0.25) is 5.88 Å². The van der Waals surface area contributed by atoms with Crippen LogP contribution in [0.3, 0.4) is 0 Å². The normalized spacial score (nSPS) is 10.3. The van der Waals surface area contributed by atoms with Gasteiger partial charge in [-0.2, -0.15) is 0 Å². The Kier molecular flexibility index (Phi) is 3.35. The van der Waals surface area contributed by atoms with E-state index in [1.807, 2.05) is 38.1 Å².